The van der Waals surface area contributed by atoms with Crippen LogP contribution in [0.5, 0.6) is 0 Å². The van der Waals surface area contributed by atoms with E-state index in [0.717, 1.165) is 42.9 Å². The number of aromatic amines is 1. The summed E-state index contributed by atoms with van der Waals surface area (Å²) in [4.78, 5) is 15.0. The average molecular weight is 339 g/mol. The molecule has 0 spiro atoms. The van der Waals surface area contributed by atoms with Gasteiger partial charge in [0.25, 0.3) is 0 Å². The van der Waals surface area contributed by atoms with E-state index in [4.69, 9.17) is 15.5 Å². The Morgan fingerprint density at radius 3 is 2.84 bits per heavy atom. The highest BCUT2D eigenvalue weighted by Gasteiger charge is 2.24. The van der Waals surface area contributed by atoms with E-state index < -0.39 is 0 Å². The average Bonchev–Trinajstić information content (AvgIpc) is 3.03. The molecule has 2 aliphatic rings. The summed E-state index contributed by atoms with van der Waals surface area (Å²) in [5.74, 6) is 1.35. The van der Waals surface area contributed by atoms with Gasteiger partial charge in [-0.05, 0) is 12.0 Å². The Labute approximate surface area is 147 Å². The Bertz CT molecular complexity index is 818. The number of hydrogen-bond donors (Lipinski definition) is 2. The van der Waals surface area contributed by atoms with Crippen LogP contribution in [0, 0.1) is 11.8 Å². The number of ether oxygens (including phenoxy) is 1. The van der Waals surface area contributed by atoms with E-state index >= 15 is 0 Å². The van der Waals surface area contributed by atoms with Crippen molar-refractivity contribution in [3.8, 4) is 0 Å². The van der Waals surface area contributed by atoms with Crippen molar-refractivity contribution in [2.45, 2.75) is 19.9 Å². The zero-order chi connectivity index (χ0) is 17.4. The molecule has 0 aromatic carbocycles. The monoisotopic (exact) mass is 339 g/mol. The number of pyridine rings is 1. The van der Waals surface area contributed by atoms with E-state index in [1.807, 2.05) is 12.4 Å². The summed E-state index contributed by atoms with van der Waals surface area (Å²) in [5.41, 5.74) is 9.46. The molecule has 0 bridgehead atoms. The summed E-state index contributed by atoms with van der Waals surface area (Å²) < 4.78 is 5.50. The van der Waals surface area contributed by atoms with Crippen LogP contribution in [0.15, 0.2) is 35.6 Å². The molecule has 25 heavy (non-hydrogen) atoms. The van der Waals surface area contributed by atoms with Crippen LogP contribution in [-0.4, -0.2) is 42.1 Å². The van der Waals surface area contributed by atoms with Crippen LogP contribution in [0.3, 0.4) is 0 Å². The largest absolute Gasteiger partial charge is 0.387 e. The number of aliphatic imine (C=N–C) groups is 1. The molecule has 1 saturated heterocycles. The number of amidine groups is 1. The minimum atomic E-state index is -0.0786. The fourth-order valence-corrected chi connectivity index (χ4v) is 3.58. The summed E-state index contributed by atoms with van der Waals surface area (Å²) in [5, 5.41) is 1.14. The number of allylic oxidation sites excluding steroid dienone is 1. The Morgan fingerprint density at radius 1 is 1.24 bits per heavy atom. The maximum Gasteiger partial charge on any atom is 0.139 e. The maximum atomic E-state index is 6.25. The molecule has 6 heteroatoms. The lowest BCUT2D eigenvalue weighted by Crippen LogP contribution is -2.36. The molecule has 3 N–H and O–H groups in total. The van der Waals surface area contributed by atoms with Gasteiger partial charge in [0.15, 0.2) is 0 Å². The van der Waals surface area contributed by atoms with E-state index in [-0.39, 0.29) is 12.0 Å². The second kappa shape index (κ2) is 6.52. The second-order valence-electron chi connectivity index (χ2n) is 6.93. The Kier molecular flexibility index (Phi) is 4.21. The van der Waals surface area contributed by atoms with Gasteiger partial charge in [-0.1, -0.05) is 26.0 Å². The van der Waals surface area contributed by atoms with E-state index in [1.165, 1.54) is 5.69 Å². The highest BCUT2D eigenvalue weighted by molar-refractivity contribution is 5.94. The molecule has 3 unspecified atom stereocenters. The van der Waals surface area contributed by atoms with Crippen LogP contribution < -0.4 is 10.6 Å². The minimum absolute atomic E-state index is 0.0786. The smallest absolute Gasteiger partial charge is 0.139 e. The van der Waals surface area contributed by atoms with Gasteiger partial charge in [-0.25, -0.2) is 4.98 Å². The second-order valence-corrected chi connectivity index (χ2v) is 6.93. The molecule has 0 amide bonds. The van der Waals surface area contributed by atoms with Gasteiger partial charge in [0, 0.05) is 48.0 Å². The van der Waals surface area contributed by atoms with Crippen molar-refractivity contribution in [3.05, 3.63) is 36.2 Å². The first kappa shape index (κ1) is 16.1. The first-order valence-electron chi connectivity index (χ1n) is 8.95. The SMILES string of the molecule is CC1C=CC(c2c[nH]c3nccc(N4CCOCC4)c23)N=C(N)C1C. The number of morpholine rings is 1. The van der Waals surface area contributed by atoms with Crippen molar-refractivity contribution in [2.75, 3.05) is 31.2 Å². The topological polar surface area (TPSA) is 79.5 Å². The van der Waals surface area contributed by atoms with Gasteiger partial charge in [-0.3, -0.25) is 4.99 Å². The van der Waals surface area contributed by atoms with Gasteiger partial charge in [-0.2, -0.15) is 0 Å². The number of nitrogens with one attached hydrogen (secondary N) is 1. The van der Waals surface area contributed by atoms with Crippen molar-refractivity contribution in [3.63, 3.8) is 0 Å². The van der Waals surface area contributed by atoms with E-state index in [9.17, 15) is 0 Å². The maximum absolute atomic E-state index is 6.25. The molecule has 4 rings (SSSR count). The number of aromatic nitrogens is 2. The van der Waals surface area contributed by atoms with Crippen molar-refractivity contribution in [2.24, 2.45) is 22.6 Å². The molecule has 2 aromatic heterocycles. The fourth-order valence-electron chi connectivity index (χ4n) is 3.58. The molecular weight excluding hydrogens is 314 g/mol. The zero-order valence-corrected chi connectivity index (χ0v) is 14.8. The van der Waals surface area contributed by atoms with Crippen LogP contribution in [0.25, 0.3) is 11.0 Å². The van der Waals surface area contributed by atoms with E-state index in [0.29, 0.717) is 11.8 Å². The van der Waals surface area contributed by atoms with Gasteiger partial charge in [0.2, 0.25) is 0 Å². The van der Waals surface area contributed by atoms with Crippen molar-refractivity contribution >= 4 is 22.6 Å². The number of nitrogens with zero attached hydrogens (tertiary/aromatic N) is 3. The Hall–Kier alpha value is -2.34. The standard InChI is InChI=1S/C19H25N5O/c1-12-3-4-15(23-18(20)13(12)2)14-11-22-19-17(14)16(5-6-21-19)24-7-9-25-10-8-24/h3-6,11-13,15H,7-10H2,1-2H3,(H2,20,23)(H,21,22). The number of hydrogen-bond acceptors (Lipinski definition) is 5. The van der Waals surface area contributed by atoms with Gasteiger partial charge in [-0.15, -0.1) is 0 Å². The molecule has 132 valence electrons. The number of fused-ring (bicyclic) bond motifs is 1. The lowest BCUT2D eigenvalue weighted by Gasteiger charge is -2.29. The molecular formula is C19H25N5O. The summed E-state index contributed by atoms with van der Waals surface area (Å²) >= 11 is 0. The molecule has 4 heterocycles. The highest BCUT2D eigenvalue weighted by atomic mass is 16.5. The minimum Gasteiger partial charge on any atom is -0.387 e. The predicted octanol–water partition coefficient (Wildman–Crippen LogP) is 2.64. The van der Waals surface area contributed by atoms with Crippen molar-refractivity contribution < 1.29 is 4.74 Å². The van der Waals surface area contributed by atoms with Gasteiger partial charge in [0.1, 0.15) is 5.65 Å². The molecule has 3 atom stereocenters. The molecule has 2 aliphatic heterocycles. The lowest BCUT2D eigenvalue weighted by molar-refractivity contribution is 0.123. The molecule has 2 aromatic rings. The molecule has 6 nitrogen and oxygen atoms in total. The number of nitrogens with two attached hydrogens (primary N) is 1. The van der Waals surface area contributed by atoms with Crippen LogP contribution in [0.1, 0.15) is 25.5 Å². The molecule has 0 radical (unpaired) electrons. The molecule has 1 fully saturated rings. The van der Waals surface area contributed by atoms with E-state index in [2.05, 4.69) is 46.9 Å². The van der Waals surface area contributed by atoms with Crippen molar-refractivity contribution in [1.29, 1.82) is 0 Å². The van der Waals surface area contributed by atoms with Gasteiger partial charge >= 0.3 is 0 Å². The third-order valence-electron chi connectivity index (χ3n) is 5.39. The van der Waals surface area contributed by atoms with Crippen LogP contribution in [-0.2, 0) is 4.74 Å². The third-order valence-corrected chi connectivity index (χ3v) is 5.39. The quantitative estimate of drug-likeness (QED) is 0.825. The fraction of sp³-hybridized carbons (Fsp3) is 0.474. The summed E-state index contributed by atoms with van der Waals surface area (Å²) in [7, 11) is 0. The van der Waals surface area contributed by atoms with Crippen LogP contribution >= 0.6 is 0 Å². The summed E-state index contributed by atoms with van der Waals surface area (Å²) in [6, 6.07) is 2.01. The number of anilines is 1. The van der Waals surface area contributed by atoms with Gasteiger partial charge < -0.3 is 20.4 Å². The predicted molar refractivity (Wildman–Crippen MR) is 101 cm³/mol. The first-order valence-corrected chi connectivity index (χ1v) is 8.95. The first-order chi connectivity index (χ1) is 12.1. The molecule has 0 saturated carbocycles. The molecule has 0 aliphatic carbocycles. The van der Waals surface area contributed by atoms with Crippen LogP contribution in [0.4, 0.5) is 5.69 Å². The third kappa shape index (κ3) is 2.91. The highest BCUT2D eigenvalue weighted by Crippen LogP contribution is 2.36. The van der Waals surface area contributed by atoms with E-state index in [1.54, 1.807) is 0 Å². The normalized spacial score (nSPS) is 27.4. The Balaban J connectivity index is 1.81. The Morgan fingerprint density at radius 2 is 2.04 bits per heavy atom. The van der Waals surface area contributed by atoms with Crippen LogP contribution in [0.2, 0.25) is 0 Å². The van der Waals surface area contributed by atoms with Gasteiger partial charge in [0.05, 0.1) is 25.1 Å². The summed E-state index contributed by atoms with van der Waals surface area (Å²) in [6.45, 7) is 7.61. The van der Waals surface area contributed by atoms with Crippen molar-refractivity contribution in [1.82, 2.24) is 9.97 Å². The number of rotatable bonds is 2. The zero-order valence-electron chi connectivity index (χ0n) is 14.8. The lowest BCUT2D eigenvalue weighted by atomic mass is 9.95. The number of H-pyrrole nitrogens is 1. The summed E-state index contributed by atoms with van der Waals surface area (Å²) in [6.07, 6.45) is 8.27.